The molecule has 0 bridgehead atoms. The summed E-state index contributed by atoms with van der Waals surface area (Å²) in [6.45, 7) is 15.8. The fourth-order valence-electron chi connectivity index (χ4n) is 8.39. The predicted molar refractivity (Wildman–Crippen MR) is 221 cm³/mol. The van der Waals surface area contributed by atoms with Crippen LogP contribution in [0.4, 0.5) is 0 Å². The van der Waals surface area contributed by atoms with Crippen LogP contribution in [-0.4, -0.2) is 0 Å². The maximum absolute atomic E-state index is 4.20. The van der Waals surface area contributed by atoms with Gasteiger partial charge in [-0.3, -0.25) is 0 Å². The lowest BCUT2D eigenvalue weighted by molar-refractivity contribution is 0.659. The van der Waals surface area contributed by atoms with Gasteiger partial charge < -0.3 is 0 Å². The SMILES string of the molecule is C=C(/C=C(\CCC)c1ccccc1)c1ccccc1.CCCc1cc2c(cc1-c1ccc3c(c1C)-c1ccccc1C3)-c1ccccc1C2(C)C. The molecule has 0 N–H and O–H groups in total. The first-order valence-electron chi connectivity index (χ1n) is 18.8. The molecule has 0 nitrogen and oxygen atoms in total. The normalized spacial score (nSPS) is 13.4. The first kappa shape index (κ1) is 34.3. The van der Waals surface area contributed by atoms with Gasteiger partial charge in [-0.25, -0.2) is 0 Å². The standard InChI is InChI=1S/C32H30.C19H20/c1-5-10-21-18-30-28(26-13-8-9-14-29(26)32(30,3)4)19-27(21)24-16-15-23-17-22-11-6-7-12-25(22)31(23)20(24)2;1-3-10-19(18-13-8-5-9-14-18)15-16(2)17-11-6-4-7-12-17/h6-9,11-16,18-19H,5,10,17H2,1-4H3;4-9,11-15H,2-3,10H2,1H3/b;19-15+. The number of benzene rings is 6. The Morgan fingerprint density at radius 1 is 0.608 bits per heavy atom. The van der Waals surface area contributed by atoms with E-state index in [9.17, 15) is 0 Å². The van der Waals surface area contributed by atoms with E-state index in [1.165, 1.54) is 83.5 Å². The van der Waals surface area contributed by atoms with Crippen molar-refractivity contribution in [3.63, 3.8) is 0 Å². The second kappa shape index (κ2) is 14.6. The molecule has 0 spiro atoms. The van der Waals surface area contributed by atoms with E-state index in [0.717, 1.165) is 37.7 Å². The fourth-order valence-corrected chi connectivity index (χ4v) is 8.39. The highest BCUT2D eigenvalue weighted by Gasteiger charge is 2.36. The summed E-state index contributed by atoms with van der Waals surface area (Å²) in [5, 5.41) is 0. The topological polar surface area (TPSA) is 0 Å². The Bertz CT molecular complexity index is 2230. The van der Waals surface area contributed by atoms with Gasteiger partial charge in [-0.1, -0.05) is 181 Å². The highest BCUT2D eigenvalue weighted by molar-refractivity contribution is 5.90. The summed E-state index contributed by atoms with van der Waals surface area (Å²) >= 11 is 0. The number of aryl methyl sites for hydroxylation is 1. The van der Waals surface area contributed by atoms with Gasteiger partial charge in [-0.05, 0) is 121 Å². The molecule has 0 fully saturated rings. The Hall–Kier alpha value is -5.20. The van der Waals surface area contributed by atoms with E-state index in [0.29, 0.717) is 0 Å². The van der Waals surface area contributed by atoms with Crippen LogP contribution in [0.5, 0.6) is 0 Å². The Morgan fingerprint density at radius 3 is 1.96 bits per heavy atom. The monoisotopic (exact) mass is 662 g/mol. The second-order valence-corrected chi connectivity index (χ2v) is 14.8. The van der Waals surface area contributed by atoms with Crippen molar-refractivity contribution in [3.05, 3.63) is 191 Å². The maximum Gasteiger partial charge on any atom is 0.0158 e. The number of rotatable bonds is 8. The minimum Gasteiger partial charge on any atom is -0.0911 e. The molecule has 2 aliphatic carbocycles. The summed E-state index contributed by atoms with van der Waals surface area (Å²) in [6, 6.07) is 48.6. The van der Waals surface area contributed by atoms with E-state index < -0.39 is 0 Å². The molecule has 6 aromatic rings. The van der Waals surface area contributed by atoms with Gasteiger partial charge in [0, 0.05) is 5.41 Å². The average Bonchev–Trinajstić information content (AvgIpc) is 3.65. The van der Waals surface area contributed by atoms with E-state index in [4.69, 9.17) is 0 Å². The molecule has 0 aromatic heterocycles. The summed E-state index contributed by atoms with van der Waals surface area (Å²) in [6.07, 6.45) is 7.77. The minimum atomic E-state index is 0.0544. The molecule has 0 radical (unpaired) electrons. The fraction of sp³-hybridized carbons (Fsp3) is 0.216. The van der Waals surface area contributed by atoms with Gasteiger partial charge in [-0.15, -0.1) is 0 Å². The zero-order chi connectivity index (χ0) is 35.5. The summed E-state index contributed by atoms with van der Waals surface area (Å²) < 4.78 is 0. The Labute approximate surface area is 306 Å². The summed E-state index contributed by atoms with van der Waals surface area (Å²) in [4.78, 5) is 0. The molecule has 0 saturated heterocycles. The van der Waals surface area contributed by atoms with Crippen LogP contribution < -0.4 is 0 Å². The molecule has 254 valence electrons. The summed E-state index contributed by atoms with van der Waals surface area (Å²) in [5.74, 6) is 0. The van der Waals surface area contributed by atoms with Crippen LogP contribution in [0.3, 0.4) is 0 Å². The van der Waals surface area contributed by atoms with Gasteiger partial charge in [0.2, 0.25) is 0 Å². The Kier molecular flexibility index (Phi) is 9.79. The molecule has 6 aromatic carbocycles. The molecule has 0 unspecified atom stereocenters. The molecule has 0 saturated carbocycles. The van der Waals surface area contributed by atoms with Crippen molar-refractivity contribution in [2.45, 2.75) is 72.1 Å². The second-order valence-electron chi connectivity index (χ2n) is 14.8. The van der Waals surface area contributed by atoms with Crippen molar-refractivity contribution in [2.75, 3.05) is 0 Å². The maximum atomic E-state index is 4.20. The molecule has 8 rings (SSSR count). The van der Waals surface area contributed by atoms with Crippen LogP contribution in [0.25, 0.3) is 44.5 Å². The first-order valence-corrected chi connectivity index (χ1v) is 18.8. The quantitative estimate of drug-likeness (QED) is 0.142. The molecular formula is C51H50. The number of hydrogen-bond donors (Lipinski definition) is 0. The molecule has 0 heterocycles. The van der Waals surface area contributed by atoms with Crippen molar-refractivity contribution < 1.29 is 0 Å². The lowest BCUT2D eigenvalue weighted by Gasteiger charge is -2.23. The van der Waals surface area contributed by atoms with Crippen LogP contribution in [0.1, 0.15) is 91.5 Å². The van der Waals surface area contributed by atoms with Gasteiger partial charge in [-0.2, -0.15) is 0 Å². The summed E-state index contributed by atoms with van der Waals surface area (Å²) in [7, 11) is 0. The average molecular weight is 663 g/mol. The number of fused-ring (bicyclic) bond motifs is 6. The highest BCUT2D eigenvalue weighted by atomic mass is 14.4. The van der Waals surface area contributed by atoms with E-state index >= 15 is 0 Å². The molecule has 0 heteroatoms. The Balaban J connectivity index is 0.000000183. The number of allylic oxidation sites excluding steroid dienone is 3. The van der Waals surface area contributed by atoms with Crippen LogP contribution in [0.2, 0.25) is 0 Å². The van der Waals surface area contributed by atoms with E-state index in [2.05, 4.69) is 175 Å². The van der Waals surface area contributed by atoms with Crippen molar-refractivity contribution >= 4 is 11.1 Å². The van der Waals surface area contributed by atoms with Crippen LogP contribution in [0.15, 0.2) is 146 Å². The zero-order valence-electron chi connectivity index (χ0n) is 31.0. The van der Waals surface area contributed by atoms with Crippen molar-refractivity contribution in [1.29, 1.82) is 0 Å². The van der Waals surface area contributed by atoms with Gasteiger partial charge in [0.1, 0.15) is 0 Å². The van der Waals surface area contributed by atoms with Crippen molar-refractivity contribution in [2.24, 2.45) is 0 Å². The summed E-state index contributed by atoms with van der Waals surface area (Å²) in [5.41, 5.74) is 22.3. The minimum absolute atomic E-state index is 0.0544. The van der Waals surface area contributed by atoms with E-state index in [-0.39, 0.29) is 5.41 Å². The first-order chi connectivity index (χ1) is 24.8. The third-order valence-corrected chi connectivity index (χ3v) is 11.0. The van der Waals surface area contributed by atoms with Crippen LogP contribution in [0, 0.1) is 6.92 Å². The van der Waals surface area contributed by atoms with Gasteiger partial charge >= 0.3 is 0 Å². The van der Waals surface area contributed by atoms with Crippen LogP contribution in [-0.2, 0) is 18.3 Å². The van der Waals surface area contributed by atoms with Crippen molar-refractivity contribution in [3.8, 4) is 33.4 Å². The van der Waals surface area contributed by atoms with Crippen molar-refractivity contribution in [1.82, 2.24) is 0 Å². The molecule has 0 aliphatic heterocycles. The Morgan fingerprint density at radius 2 is 1.25 bits per heavy atom. The molecule has 51 heavy (non-hydrogen) atoms. The molecule has 2 aliphatic rings. The van der Waals surface area contributed by atoms with Gasteiger partial charge in [0.15, 0.2) is 0 Å². The van der Waals surface area contributed by atoms with E-state index in [1.54, 1.807) is 0 Å². The number of hydrogen-bond acceptors (Lipinski definition) is 0. The molecular weight excluding hydrogens is 613 g/mol. The van der Waals surface area contributed by atoms with Gasteiger partial charge in [0.25, 0.3) is 0 Å². The lowest BCUT2D eigenvalue weighted by atomic mass is 9.80. The van der Waals surface area contributed by atoms with Gasteiger partial charge in [0.05, 0.1) is 0 Å². The zero-order valence-corrected chi connectivity index (χ0v) is 31.0. The third kappa shape index (κ3) is 6.57. The molecule has 0 atom stereocenters. The largest absolute Gasteiger partial charge is 0.0911 e. The smallest absolute Gasteiger partial charge is 0.0158 e. The lowest BCUT2D eigenvalue weighted by Crippen LogP contribution is -2.15. The highest BCUT2D eigenvalue weighted by Crippen LogP contribution is 2.51. The molecule has 0 amide bonds. The predicted octanol–water partition coefficient (Wildman–Crippen LogP) is 14.1. The third-order valence-electron chi connectivity index (χ3n) is 11.0. The van der Waals surface area contributed by atoms with Crippen LogP contribution >= 0.6 is 0 Å². The van der Waals surface area contributed by atoms with E-state index in [1.807, 2.05) is 6.07 Å².